The van der Waals surface area contributed by atoms with E-state index in [1.165, 1.54) is 36.1 Å². The molecule has 10 nitrogen and oxygen atoms in total. The Morgan fingerprint density at radius 3 is 2.37 bits per heavy atom. The third kappa shape index (κ3) is 6.08. The standard InChI is InChI=1S/C20H26N4O.C8H10N4O/c1-2-12-24(11-1)19-7-4-17(5-8-19)20-9-6-18(21-22-20)16-23-10-3-14-25-15-13-23;1-4-7(13)5(2)12-8(9-4)10-6(3)11-12/h4-9H,1-3,10-16H2;13H,1-3H3. The first kappa shape index (κ1) is 26.0. The molecule has 0 atom stereocenters. The van der Waals surface area contributed by atoms with Crippen LogP contribution < -0.4 is 4.90 Å². The van der Waals surface area contributed by atoms with Crippen molar-refractivity contribution in [3.8, 4) is 17.0 Å². The van der Waals surface area contributed by atoms with E-state index in [0.717, 1.165) is 56.2 Å². The molecular weight excluding hydrogens is 480 g/mol. The lowest BCUT2D eigenvalue weighted by Crippen LogP contribution is -2.26. The molecule has 0 radical (unpaired) electrons. The number of benzene rings is 1. The molecule has 1 N–H and O–H groups in total. The topological polar surface area (TPSA) is 105 Å². The Balaban J connectivity index is 0.000000190. The zero-order valence-corrected chi connectivity index (χ0v) is 22.5. The molecule has 2 aliphatic rings. The number of hydrogen-bond acceptors (Lipinski definition) is 9. The number of ether oxygens (including phenoxy) is 1. The van der Waals surface area contributed by atoms with Gasteiger partial charge in [-0.2, -0.15) is 19.7 Å². The first-order chi connectivity index (χ1) is 18.5. The Morgan fingerprint density at radius 1 is 0.842 bits per heavy atom. The van der Waals surface area contributed by atoms with Crippen LogP contribution in [0.2, 0.25) is 0 Å². The number of rotatable bonds is 4. The Bertz CT molecular complexity index is 1340. The van der Waals surface area contributed by atoms with Gasteiger partial charge in [0.05, 0.1) is 29.4 Å². The molecule has 0 spiro atoms. The summed E-state index contributed by atoms with van der Waals surface area (Å²) >= 11 is 0. The summed E-state index contributed by atoms with van der Waals surface area (Å²) in [4.78, 5) is 13.0. The highest BCUT2D eigenvalue weighted by atomic mass is 16.5. The first-order valence-corrected chi connectivity index (χ1v) is 13.4. The van der Waals surface area contributed by atoms with Gasteiger partial charge in [0.2, 0.25) is 0 Å². The number of aromatic nitrogens is 6. The molecule has 10 heteroatoms. The highest BCUT2D eigenvalue weighted by Crippen LogP contribution is 2.24. The van der Waals surface area contributed by atoms with Gasteiger partial charge in [-0.25, -0.2) is 4.98 Å². The Hall–Kier alpha value is -3.63. The van der Waals surface area contributed by atoms with Crippen LogP contribution >= 0.6 is 0 Å². The second-order valence-electron chi connectivity index (χ2n) is 9.90. The highest BCUT2D eigenvalue weighted by molar-refractivity contribution is 5.63. The summed E-state index contributed by atoms with van der Waals surface area (Å²) in [6, 6.07) is 12.9. The van der Waals surface area contributed by atoms with Crippen LogP contribution in [0.5, 0.6) is 5.75 Å². The maximum atomic E-state index is 9.56. The van der Waals surface area contributed by atoms with Crippen LogP contribution in [0.4, 0.5) is 5.69 Å². The van der Waals surface area contributed by atoms with Gasteiger partial charge in [0.25, 0.3) is 5.78 Å². The van der Waals surface area contributed by atoms with Crippen LogP contribution in [0.1, 0.15) is 42.2 Å². The number of fused-ring (bicyclic) bond motifs is 1. The van der Waals surface area contributed by atoms with E-state index in [1.807, 2.05) is 0 Å². The molecule has 4 aromatic rings. The normalized spacial score (nSPS) is 16.3. The van der Waals surface area contributed by atoms with E-state index in [1.54, 1.807) is 20.8 Å². The maximum Gasteiger partial charge on any atom is 0.253 e. The molecule has 0 amide bonds. The van der Waals surface area contributed by atoms with Gasteiger partial charge in [-0.1, -0.05) is 12.1 Å². The highest BCUT2D eigenvalue weighted by Gasteiger charge is 2.14. The number of aryl methyl sites for hydroxylation is 3. The summed E-state index contributed by atoms with van der Waals surface area (Å²) in [6.45, 7) is 12.2. The van der Waals surface area contributed by atoms with Gasteiger partial charge in [0.15, 0.2) is 5.75 Å². The molecule has 3 aromatic heterocycles. The third-order valence-electron chi connectivity index (χ3n) is 7.02. The van der Waals surface area contributed by atoms with Gasteiger partial charge in [0, 0.05) is 50.6 Å². The van der Waals surface area contributed by atoms with Crippen molar-refractivity contribution in [1.29, 1.82) is 0 Å². The summed E-state index contributed by atoms with van der Waals surface area (Å²) in [5, 5.41) is 22.5. The lowest BCUT2D eigenvalue weighted by Gasteiger charge is -2.18. The Morgan fingerprint density at radius 2 is 1.63 bits per heavy atom. The van der Waals surface area contributed by atoms with Crippen molar-refractivity contribution in [2.45, 2.75) is 46.6 Å². The van der Waals surface area contributed by atoms with Crippen LogP contribution in [0.3, 0.4) is 0 Å². The van der Waals surface area contributed by atoms with E-state index in [0.29, 0.717) is 23.0 Å². The van der Waals surface area contributed by atoms with Gasteiger partial charge in [0.1, 0.15) is 5.82 Å². The SMILES string of the molecule is Cc1nc2nc(C)c(O)c(C)n2n1.c1cc(N2CCCC2)ccc1-c1ccc(CN2CCCOCC2)nn1. The van der Waals surface area contributed by atoms with Crippen molar-refractivity contribution < 1.29 is 9.84 Å². The Kier molecular flexibility index (Phi) is 8.09. The zero-order valence-electron chi connectivity index (χ0n) is 22.5. The van der Waals surface area contributed by atoms with E-state index in [2.05, 4.69) is 71.5 Å². The van der Waals surface area contributed by atoms with Crippen LogP contribution in [0, 0.1) is 20.8 Å². The van der Waals surface area contributed by atoms with Crippen LogP contribution in [-0.2, 0) is 11.3 Å². The molecule has 0 aliphatic carbocycles. The minimum atomic E-state index is 0.178. The minimum absolute atomic E-state index is 0.178. The lowest BCUT2D eigenvalue weighted by molar-refractivity contribution is 0.140. The molecular formula is C28H36N8O2. The number of aromatic hydroxyl groups is 1. The predicted octanol–water partition coefficient (Wildman–Crippen LogP) is 3.72. The van der Waals surface area contributed by atoms with E-state index < -0.39 is 0 Å². The fourth-order valence-electron chi connectivity index (χ4n) is 4.87. The molecule has 38 heavy (non-hydrogen) atoms. The largest absolute Gasteiger partial charge is 0.504 e. The van der Waals surface area contributed by atoms with Crippen molar-refractivity contribution in [1.82, 2.24) is 34.7 Å². The molecule has 0 bridgehead atoms. The lowest BCUT2D eigenvalue weighted by atomic mass is 10.1. The first-order valence-electron chi connectivity index (χ1n) is 13.4. The maximum absolute atomic E-state index is 9.56. The van der Waals surface area contributed by atoms with Gasteiger partial charge in [-0.15, -0.1) is 5.10 Å². The van der Waals surface area contributed by atoms with E-state index in [-0.39, 0.29) is 5.75 Å². The third-order valence-corrected chi connectivity index (χ3v) is 7.02. The zero-order chi connectivity index (χ0) is 26.5. The molecule has 6 rings (SSSR count). The van der Waals surface area contributed by atoms with E-state index >= 15 is 0 Å². The van der Waals surface area contributed by atoms with Gasteiger partial charge in [-0.3, -0.25) is 4.90 Å². The Labute approximate surface area is 223 Å². The second kappa shape index (κ2) is 11.8. The number of anilines is 1. The van der Waals surface area contributed by atoms with Gasteiger partial charge in [-0.05, 0) is 64.3 Å². The van der Waals surface area contributed by atoms with Crippen molar-refractivity contribution in [2.24, 2.45) is 0 Å². The fourth-order valence-corrected chi connectivity index (χ4v) is 4.87. The molecule has 2 aliphatic heterocycles. The average molecular weight is 517 g/mol. The van der Waals surface area contributed by atoms with Crippen molar-refractivity contribution in [2.75, 3.05) is 44.3 Å². The quantitative estimate of drug-likeness (QED) is 0.434. The van der Waals surface area contributed by atoms with Crippen LogP contribution in [0.25, 0.3) is 17.0 Å². The summed E-state index contributed by atoms with van der Waals surface area (Å²) in [5.74, 6) is 1.36. The predicted molar refractivity (Wildman–Crippen MR) is 146 cm³/mol. The van der Waals surface area contributed by atoms with Crippen molar-refractivity contribution >= 4 is 11.5 Å². The summed E-state index contributed by atoms with van der Waals surface area (Å²) in [6.07, 6.45) is 3.70. The molecule has 2 fully saturated rings. The molecule has 5 heterocycles. The summed E-state index contributed by atoms with van der Waals surface area (Å²) < 4.78 is 7.04. The van der Waals surface area contributed by atoms with Crippen LogP contribution in [-0.4, -0.2) is 79.2 Å². The fraction of sp³-hybridized carbons (Fsp3) is 0.464. The number of hydrogen-bond donors (Lipinski definition) is 1. The minimum Gasteiger partial charge on any atom is -0.504 e. The molecule has 200 valence electrons. The van der Waals surface area contributed by atoms with E-state index in [9.17, 15) is 5.11 Å². The smallest absolute Gasteiger partial charge is 0.253 e. The van der Waals surface area contributed by atoms with Gasteiger partial charge >= 0.3 is 0 Å². The van der Waals surface area contributed by atoms with Crippen LogP contribution in [0.15, 0.2) is 36.4 Å². The van der Waals surface area contributed by atoms with Gasteiger partial charge < -0.3 is 14.7 Å². The molecule has 1 aromatic carbocycles. The summed E-state index contributed by atoms with van der Waals surface area (Å²) in [7, 11) is 0. The molecule has 2 saturated heterocycles. The van der Waals surface area contributed by atoms with E-state index in [4.69, 9.17) is 4.74 Å². The second-order valence-corrected chi connectivity index (χ2v) is 9.90. The summed E-state index contributed by atoms with van der Waals surface area (Å²) in [5.41, 5.74) is 5.66. The van der Waals surface area contributed by atoms with Crippen molar-refractivity contribution in [3.05, 3.63) is 59.3 Å². The molecule has 0 unspecified atom stereocenters. The van der Waals surface area contributed by atoms with Crippen molar-refractivity contribution in [3.63, 3.8) is 0 Å². The molecule has 0 saturated carbocycles. The average Bonchev–Trinajstić information content (AvgIpc) is 3.53. The monoisotopic (exact) mass is 516 g/mol. The number of nitrogens with zero attached hydrogens (tertiary/aromatic N) is 8.